The van der Waals surface area contributed by atoms with Crippen LogP contribution in [0.25, 0.3) is 0 Å². The Morgan fingerprint density at radius 2 is 1.68 bits per heavy atom. The van der Waals surface area contributed by atoms with Crippen LogP contribution in [0, 0.1) is 5.21 Å². The van der Waals surface area contributed by atoms with Crippen molar-refractivity contribution >= 4 is 41.1 Å². The third-order valence-electron chi connectivity index (χ3n) is 2.66. The molecule has 25 heavy (non-hydrogen) atoms. The SMILES string of the molecule is CCCOC(=O)CSc1ccc([NH+]([O-])O)c(SCC(=O)OCCC)n1. The van der Waals surface area contributed by atoms with Crippen molar-refractivity contribution in [3.63, 3.8) is 0 Å². The number of hydrogen-bond acceptors (Lipinski definition) is 9. The Morgan fingerprint density at radius 3 is 2.20 bits per heavy atom. The van der Waals surface area contributed by atoms with Gasteiger partial charge in [-0.1, -0.05) is 37.4 Å². The van der Waals surface area contributed by atoms with E-state index in [1.54, 1.807) is 0 Å². The van der Waals surface area contributed by atoms with Crippen molar-refractivity contribution in [2.75, 3.05) is 24.7 Å². The minimum Gasteiger partial charge on any atom is -0.595 e. The molecule has 1 aromatic heterocycles. The van der Waals surface area contributed by atoms with Gasteiger partial charge in [-0.25, -0.2) is 10.2 Å². The molecule has 0 saturated heterocycles. The molecule has 2 N–H and O–H groups in total. The van der Waals surface area contributed by atoms with Crippen molar-refractivity contribution in [3.05, 3.63) is 17.3 Å². The average Bonchev–Trinajstić information content (AvgIpc) is 2.60. The van der Waals surface area contributed by atoms with Gasteiger partial charge in [0, 0.05) is 6.07 Å². The van der Waals surface area contributed by atoms with Crippen LogP contribution < -0.4 is 5.23 Å². The van der Waals surface area contributed by atoms with Crippen LogP contribution in [0.5, 0.6) is 0 Å². The Labute approximate surface area is 154 Å². The Kier molecular flexibility index (Phi) is 10.5. The van der Waals surface area contributed by atoms with Crippen molar-refractivity contribution in [2.45, 2.75) is 36.7 Å². The largest absolute Gasteiger partial charge is 0.595 e. The number of aromatic nitrogens is 1. The van der Waals surface area contributed by atoms with Gasteiger partial charge in [0.2, 0.25) is 0 Å². The van der Waals surface area contributed by atoms with Crippen molar-refractivity contribution in [3.8, 4) is 0 Å². The molecule has 8 nitrogen and oxygen atoms in total. The number of carbonyl (C=O) groups excluding carboxylic acids is 2. The first-order chi connectivity index (χ1) is 12.0. The van der Waals surface area contributed by atoms with E-state index in [-0.39, 0.29) is 28.2 Å². The number of rotatable bonds is 11. The molecule has 0 fully saturated rings. The zero-order valence-electron chi connectivity index (χ0n) is 14.1. The second-order valence-corrected chi connectivity index (χ2v) is 6.79. The molecule has 1 rings (SSSR count). The molecule has 0 aliphatic carbocycles. The maximum Gasteiger partial charge on any atom is 0.316 e. The summed E-state index contributed by atoms with van der Waals surface area (Å²) in [5, 5.41) is 20.1. The zero-order chi connectivity index (χ0) is 18.7. The first-order valence-corrected chi connectivity index (χ1v) is 9.76. The topological polar surface area (TPSA) is 113 Å². The molecule has 0 radical (unpaired) electrons. The third-order valence-corrected chi connectivity index (χ3v) is 4.53. The second kappa shape index (κ2) is 12.1. The molecule has 0 aliphatic heterocycles. The van der Waals surface area contributed by atoms with Gasteiger partial charge in [0.25, 0.3) is 0 Å². The van der Waals surface area contributed by atoms with E-state index in [4.69, 9.17) is 9.47 Å². The number of quaternary nitrogens is 1. The molecule has 0 aliphatic rings. The van der Waals surface area contributed by atoms with E-state index >= 15 is 0 Å². The lowest BCUT2D eigenvalue weighted by molar-refractivity contribution is -0.992. The van der Waals surface area contributed by atoms with Gasteiger partial charge in [-0.05, 0) is 18.9 Å². The normalized spacial score (nSPS) is 11.8. The number of esters is 2. The van der Waals surface area contributed by atoms with E-state index in [0.29, 0.717) is 18.2 Å². The van der Waals surface area contributed by atoms with Crippen LogP contribution in [0.1, 0.15) is 26.7 Å². The van der Waals surface area contributed by atoms with Gasteiger partial charge >= 0.3 is 11.9 Å². The highest BCUT2D eigenvalue weighted by atomic mass is 32.2. The predicted octanol–water partition coefficient (Wildman–Crippen LogP) is 1.58. The summed E-state index contributed by atoms with van der Waals surface area (Å²) in [5.74, 6) is -0.721. The Balaban J connectivity index is 2.70. The number of carbonyl (C=O) groups is 2. The summed E-state index contributed by atoms with van der Waals surface area (Å²) in [6.45, 7) is 4.48. The van der Waals surface area contributed by atoms with Gasteiger partial charge in [0.15, 0.2) is 10.7 Å². The van der Waals surface area contributed by atoms with Crippen molar-refractivity contribution in [1.29, 1.82) is 0 Å². The van der Waals surface area contributed by atoms with Crippen LogP contribution >= 0.6 is 23.5 Å². The van der Waals surface area contributed by atoms with Crippen LogP contribution in [0.3, 0.4) is 0 Å². The molecule has 0 saturated carbocycles. The summed E-state index contributed by atoms with van der Waals surface area (Å²) in [7, 11) is 0. The fourth-order valence-electron chi connectivity index (χ4n) is 1.55. The summed E-state index contributed by atoms with van der Waals surface area (Å²) >= 11 is 2.15. The minimum atomic E-state index is -1.13. The smallest absolute Gasteiger partial charge is 0.316 e. The van der Waals surface area contributed by atoms with E-state index in [9.17, 15) is 20.0 Å². The zero-order valence-corrected chi connectivity index (χ0v) is 15.8. The van der Waals surface area contributed by atoms with E-state index in [1.807, 2.05) is 13.8 Å². The number of thioether (sulfide) groups is 2. The van der Waals surface area contributed by atoms with Crippen LogP contribution in [0.2, 0.25) is 0 Å². The lowest BCUT2D eigenvalue weighted by Crippen LogP contribution is -2.99. The lowest BCUT2D eigenvalue weighted by atomic mass is 10.4. The summed E-state index contributed by atoms with van der Waals surface area (Å²) < 4.78 is 9.93. The van der Waals surface area contributed by atoms with Crippen molar-refractivity contribution in [2.24, 2.45) is 0 Å². The molecule has 140 valence electrons. The third kappa shape index (κ3) is 8.54. The predicted molar refractivity (Wildman–Crippen MR) is 94.0 cm³/mol. The van der Waals surface area contributed by atoms with Crippen LogP contribution in [-0.2, 0) is 19.1 Å². The maximum absolute atomic E-state index is 11.6. The first-order valence-electron chi connectivity index (χ1n) is 7.79. The lowest BCUT2D eigenvalue weighted by Gasteiger charge is -2.15. The van der Waals surface area contributed by atoms with Gasteiger partial charge in [-0.3, -0.25) is 9.59 Å². The molecule has 1 aromatic rings. The Bertz CT molecular complexity index is 571. The van der Waals surface area contributed by atoms with E-state index in [0.717, 1.165) is 36.4 Å². The summed E-state index contributed by atoms with van der Waals surface area (Å²) in [5.41, 5.74) is 0.00574. The number of hydrogen-bond donors (Lipinski definition) is 2. The minimum absolute atomic E-state index is 0.00574. The Morgan fingerprint density at radius 1 is 1.12 bits per heavy atom. The molecule has 0 spiro atoms. The molecule has 1 heterocycles. The fraction of sp³-hybridized carbons (Fsp3) is 0.533. The summed E-state index contributed by atoms with van der Waals surface area (Å²) in [6, 6.07) is 2.94. The second-order valence-electron chi connectivity index (χ2n) is 4.83. The van der Waals surface area contributed by atoms with Gasteiger partial charge in [-0.2, -0.15) is 5.23 Å². The molecule has 0 bridgehead atoms. The van der Waals surface area contributed by atoms with Crippen molar-refractivity contribution in [1.82, 2.24) is 4.98 Å². The number of ether oxygens (including phenoxy) is 2. The van der Waals surface area contributed by atoms with Gasteiger partial charge < -0.3 is 14.7 Å². The quantitative estimate of drug-likeness (QED) is 0.330. The van der Waals surface area contributed by atoms with Crippen LogP contribution in [0.15, 0.2) is 22.2 Å². The molecular formula is C15H22N2O6S2. The first kappa shape index (κ1) is 21.7. The van der Waals surface area contributed by atoms with E-state index < -0.39 is 11.2 Å². The monoisotopic (exact) mass is 390 g/mol. The molecule has 10 heteroatoms. The Hall–Kier alpha value is -1.33. The van der Waals surface area contributed by atoms with E-state index in [2.05, 4.69) is 4.98 Å². The fourth-order valence-corrected chi connectivity index (χ4v) is 3.09. The van der Waals surface area contributed by atoms with Crippen molar-refractivity contribution < 1.29 is 29.5 Å². The van der Waals surface area contributed by atoms with E-state index in [1.165, 1.54) is 12.1 Å². The molecule has 1 unspecified atom stereocenters. The summed E-state index contributed by atoms with van der Waals surface area (Å²) in [6.07, 6.45) is 1.46. The number of pyridine rings is 1. The standard InChI is InChI=1S/C15H22N2O6S2/c1-3-7-22-13(18)9-24-12-6-5-11(17(20)21)15(16-12)25-10-14(19)23-8-4-2/h5-6,17,20H,3-4,7-10H2,1-2H3. The molecule has 0 aromatic carbocycles. The highest BCUT2D eigenvalue weighted by molar-refractivity contribution is 8.00. The number of nitrogens with zero attached hydrogens (tertiary/aromatic N) is 1. The summed E-state index contributed by atoms with van der Waals surface area (Å²) in [4.78, 5) is 27.3. The van der Waals surface area contributed by atoms with Gasteiger partial charge in [0.1, 0.15) is 0 Å². The number of nitrogens with one attached hydrogen (secondary N) is 1. The molecular weight excluding hydrogens is 368 g/mol. The van der Waals surface area contributed by atoms with Crippen LogP contribution in [0.4, 0.5) is 5.69 Å². The van der Waals surface area contributed by atoms with Crippen LogP contribution in [-0.4, -0.2) is 46.8 Å². The maximum atomic E-state index is 11.6. The van der Waals surface area contributed by atoms with Gasteiger partial charge in [0.05, 0.1) is 29.7 Å². The highest BCUT2D eigenvalue weighted by Crippen LogP contribution is 2.26. The molecule has 0 amide bonds. The average molecular weight is 390 g/mol. The van der Waals surface area contributed by atoms with Gasteiger partial charge in [-0.15, -0.1) is 0 Å². The highest BCUT2D eigenvalue weighted by Gasteiger charge is 2.16. The molecule has 1 atom stereocenters.